The van der Waals surface area contributed by atoms with Crippen molar-refractivity contribution in [1.82, 2.24) is 9.80 Å². The normalized spacial score (nSPS) is 19.2. The first-order valence-corrected chi connectivity index (χ1v) is 6.84. The van der Waals surface area contributed by atoms with E-state index in [-0.39, 0.29) is 0 Å². The van der Waals surface area contributed by atoms with Crippen molar-refractivity contribution in [3.8, 4) is 0 Å². The first-order chi connectivity index (χ1) is 8.67. The second-order valence-electron chi connectivity index (χ2n) is 5.11. The molecule has 0 aromatic heterocycles. The molecule has 1 unspecified atom stereocenters. The minimum atomic E-state index is 0.644. The molecule has 1 aliphatic rings. The van der Waals surface area contributed by atoms with Crippen LogP contribution in [0.3, 0.4) is 0 Å². The number of allylic oxidation sites excluding steroid dienone is 4. The summed E-state index contributed by atoms with van der Waals surface area (Å²) in [4.78, 5) is 4.57. The van der Waals surface area contributed by atoms with Crippen LogP contribution in [0.2, 0.25) is 0 Å². The maximum Gasteiger partial charge on any atom is 0.0133 e. The smallest absolute Gasteiger partial charge is 0.0133 e. The second kappa shape index (κ2) is 8.29. The molecule has 0 spiro atoms. The maximum absolute atomic E-state index is 5.62. The highest BCUT2D eigenvalue weighted by Gasteiger charge is 2.14. The molecular weight excluding hydrogens is 224 g/mol. The Balaban J connectivity index is 2.35. The van der Waals surface area contributed by atoms with Gasteiger partial charge in [0.25, 0.3) is 0 Å². The molecule has 4 N–H and O–H groups in total. The highest BCUT2D eigenvalue weighted by molar-refractivity contribution is 5.18. The topological polar surface area (TPSA) is 58.5 Å². The van der Waals surface area contributed by atoms with E-state index in [1.54, 1.807) is 0 Å². The molecule has 1 rings (SSSR count). The molecule has 4 heteroatoms. The zero-order valence-corrected chi connectivity index (χ0v) is 11.8. The highest BCUT2D eigenvalue weighted by Crippen LogP contribution is 2.22. The van der Waals surface area contributed by atoms with Crippen LogP contribution >= 0.6 is 0 Å². The Hall–Kier alpha value is -0.840. The lowest BCUT2D eigenvalue weighted by atomic mass is 9.94. The van der Waals surface area contributed by atoms with Crippen LogP contribution in [0.5, 0.6) is 0 Å². The zero-order valence-electron chi connectivity index (χ0n) is 11.8. The molecule has 0 bridgehead atoms. The Bertz CT molecular complexity index is 278. The summed E-state index contributed by atoms with van der Waals surface area (Å²) in [7, 11) is 4.22. The van der Waals surface area contributed by atoms with Crippen molar-refractivity contribution < 1.29 is 0 Å². The second-order valence-corrected chi connectivity index (χ2v) is 5.11. The monoisotopic (exact) mass is 252 g/mol. The van der Waals surface area contributed by atoms with E-state index in [1.807, 2.05) is 0 Å². The summed E-state index contributed by atoms with van der Waals surface area (Å²) in [5, 5.41) is 0. The Morgan fingerprint density at radius 1 is 1.17 bits per heavy atom. The molecule has 0 aromatic carbocycles. The molecule has 0 amide bonds. The number of hydrogen-bond acceptors (Lipinski definition) is 4. The molecule has 4 nitrogen and oxygen atoms in total. The van der Waals surface area contributed by atoms with Crippen molar-refractivity contribution in [2.24, 2.45) is 17.4 Å². The van der Waals surface area contributed by atoms with Crippen LogP contribution in [0, 0.1) is 5.92 Å². The molecule has 104 valence electrons. The van der Waals surface area contributed by atoms with Gasteiger partial charge in [-0.15, -0.1) is 0 Å². The molecular formula is C14H28N4. The molecule has 0 saturated carbocycles. The first kappa shape index (κ1) is 15.2. The lowest BCUT2D eigenvalue weighted by molar-refractivity contribution is 0.269. The SMILES string of the molecule is CN(C)C1=CC=CC(CCN(CCN)CCN)C1. The van der Waals surface area contributed by atoms with E-state index in [9.17, 15) is 0 Å². The molecule has 0 saturated heterocycles. The molecule has 0 fully saturated rings. The maximum atomic E-state index is 5.62. The van der Waals surface area contributed by atoms with Crippen molar-refractivity contribution in [2.45, 2.75) is 12.8 Å². The highest BCUT2D eigenvalue weighted by atomic mass is 15.1. The quantitative estimate of drug-likeness (QED) is 0.665. The van der Waals surface area contributed by atoms with Gasteiger partial charge >= 0.3 is 0 Å². The van der Waals surface area contributed by atoms with Crippen molar-refractivity contribution >= 4 is 0 Å². The van der Waals surface area contributed by atoms with Gasteiger partial charge in [0, 0.05) is 46.0 Å². The van der Waals surface area contributed by atoms with Gasteiger partial charge < -0.3 is 21.3 Å². The van der Waals surface area contributed by atoms with Gasteiger partial charge in [0.05, 0.1) is 0 Å². The van der Waals surface area contributed by atoms with Gasteiger partial charge in [-0.25, -0.2) is 0 Å². The van der Waals surface area contributed by atoms with Crippen LogP contribution < -0.4 is 11.5 Å². The van der Waals surface area contributed by atoms with Crippen LogP contribution in [0.1, 0.15) is 12.8 Å². The lowest BCUT2D eigenvalue weighted by Gasteiger charge is -2.26. The van der Waals surface area contributed by atoms with Crippen LogP contribution in [0.15, 0.2) is 23.9 Å². The molecule has 1 aliphatic carbocycles. The summed E-state index contributed by atoms with van der Waals surface area (Å²) in [6.45, 7) is 4.41. The largest absolute Gasteiger partial charge is 0.381 e. The summed E-state index contributed by atoms with van der Waals surface area (Å²) >= 11 is 0. The lowest BCUT2D eigenvalue weighted by Crippen LogP contribution is -2.35. The Morgan fingerprint density at radius 3 is 2.39 bits per heavy atom. The summed E-state index contributed by atoms with van der Waals surface area (Å²) < 4.78 is 0. The average molecular weight is 252 g/mol. The number of hydrogen-bond donors (Lipinski definition) is 2. The van der Waals surface area contributed by atoms with Gasteiger partial charge in [-0.05, 0) is 31.4 Å². The fraction of sp³-hybridized carbons (Fsp3) is 0.714. The predicted molar refractivity (Wildman–Crippen MR) is 78.2 cm³/mol. The minimum Gasteiger partial charge on any atom is -0.381 e. The van der Waals surface area contributed by atoms with E-state index in [2.05, 4.69) is 42.1 Å². The fourth-order valence-corrected chi connectivity index (χ4v) is 2.31. The fourth-order valence-electron chi connectivity index (χ4n) is 2.31. The zero-order chi connectivity index (χ0) is 13.4. The molecule has 18 heavy (non-hydrogen) atoms. The van der Waals surface area contributed by atoms with Gasteiger partial charge in [-0.2, -0.15) is 0 Å². The summed E-state index contributed by atoms with van der Waals surface area (Å²) in [5.41, 5.74) is 12.6. The van der Waals surface area contributed by atoms with Gasteiger partial charge in [-0.3, -0.25) is 0 Å². The first-order valence-electron chi connectivity index (χ1n) is 6.84. The summed E-state index contributed by atoms with van der Waals surface area (Å²) in [5.74, 6) is 0.644. The van der Waals surface area contributed by atoms with E-state index < -0.39 is 0 Å². The van der Waals surface area contributed by atoms with Gasteiger partial charge in [-0.1, -0.05) is 12.2 Å². The Kier molecular flexibility index (Phi) is 7.01. The number of rotatable bonds is 8. The van der Waals surface area contributed by atoms with Crippen LogP contribution in [-0.2, 0) is 0 Å². The third-order valence-corrected chi connectivity index (χ3v) is 3.42. The standard InChI is InChI=1S/C14H28N4/c1-17(2)14-5-3-4-13(12-14)6-9-18(10-7-15)11-8-16/h3-5,13H,6-12,15-16H2,1-2H3. The molecule has 0 aliphatic heterocycles. The third kappa shape index (κ3) is 5.21. The summed E-state index contributed by atoms with van der Waals surface area (Å²) in [6, 6.07) is 0. The Labute approximate surface area is 111 Å². The molecule has 0 aromatic rings. The van der Waals surface area contributed by atoms with Gasteiger partial charge in [0.1, 0.15) is 0 Å². The van der Waals surface area contributed by atoms with E-state index in [4.69, 9.17) is 11.5 Å². The van der Waals surface area contributed by atoms with Crippen LogP contribution in [-0.4, -0.2) is 56.6 Å². The molecule has 1 atom stereocenters. The molecule has 0 heterocycles. The number of nitrogens with zero attached hydrogens (tertiary/aromatic N) is 2. The van der Waals surface area contributed by atoms with Crippen molar-refractivity contribution in [3.05, 3.63) is 23.9 Å². The number of nitrogens with two attached hydrogens (primary N) is 2. The summed E-state index contributed by atoms with van der Waals surface area (Å²) in [6.07, 6.45) is 9.02. The average Bonchev–Trinajstić information content (AvgIpc) is 2.37. The van der Waals surface area contributed by atoms with E-state index in [0.29, 0.717) is 19.0 Å². The predicted octanol–water partition coefficient (Wildman–Crippen LogP) is 0.618. The van der Waals surface area contributed by atoms with Crippen LogP contribution in [0.25, 0.3) is 0 Å². The molecule has 0 radical (unpaired) electrons. The van der Waals surface area contributed by atoms with E-state index >= 15 is 0 Å². The van der Waals surface area contributed by atoms with Gasteiger partial charge in [0.15, 0.2) is 0 Å². The minimum absolute atomic E-state index is 0.644. The van der Waals surface area contributed by atoms with E-state index in [1.165, 1.54) is 12.1 Å². The van der Waals surface area contributed by atoms with Crippen molar-refractivity contribution in [3.63, 3.8) is 0 Å². The van der Waals surface area contributed by atoms with Crippen molar-refractivity contribution in [1.29, 1.82) is 0 Å². The van der Waals surface area contributed by atoms with Crippen molar-refractivity contribution in [2.75, 3.05) is 46.8 Å². The Morgan fingerprint density at radius 2 is 1.83 bits per heavy atom. The third-order valence-electron chi connectivity index (χ3n) is 3.42. The van der Waals surface area contributed by atoms with Gasteiger partial charge in [0.2, 0.25) is 0 Å². The van der Waals surface area contributed by atoms with E-state index in [0.717, 1.165) is 26.1 Å². The van der Waals surface area contributed by atoms with Crippen LogP contribution in [0.4, 0.5) is 0 Å².